The van der Waals surface area contributed by atoms with E-state index < -0.39 is 0 Å². The molecular weight excluding hydrogens is 234 g/mol. The molecule has 0 saturated carbocycles. The van der Waals surface area contributed by atoms with Crippen molar-refractivity contribution in [2.45, 2.75) is 38.6 Å². The maximum absolute atomic E-state index is 11.8. The fourth-order valence-electron chi connectivity index (χ4n) is 2.90. The van der Waals surface area contributed by atoms with Crippen LogP contribution in [0.1, 0.15) is 40.9 Å². The number of fused-ring (bicyclic) bond motifs is 1. The second-order valence-corrected chi connectivity index (χ2v) is 5.24. The topological polar surface area (TPSA) is 22.0 Å². The molecule has 1 aromatic carbocycles. The molecule has 0 spiro atoms. The summed E-state index contributed by atoms with van der Waals surface area (Å²) in [6.07, 6.45) is 7.09. The predicted octanol–water partition coefficient (Wildman–Crippen LogP) is 3.64. The average Bonchev–Trinajstić information content (AvgIpc) is 2.85. The summed E-state index contributed by atoms with van der Waals surface area (Å²) in [5, 5.41) is 0. The van der Waals surface area contributed by atoms with Gasteiger partial charge in [-0.15, -0.1) is 0 Å². The molecule has 1 aliphatic rings. The van der Waals surface area contributed by atoms with E-state index in [9.17, 15) is 4.79 Å². The molecule has 0 N–H and O–H groups in total. The first-order chi connectivity index (χ1) is 9.34. The summed E-state index contributed by atoms with van der Waals surface area (Å²) >= 11 is 0. The van der Waals surface area contributed by atoms with Gasteiger partial charge in [-0.3, -0.25) is 4.79 Å². The third-order valence-electron chi connectivity index (χ3n) is 3.90. The highest BCUT2D eigenvalue weighted by Gasteiger charge is 2.19. The van der Waals surface area contributed by atoms with E-state index in [4.69, 9.17) is 0 Å². The molecule has 0 saturated heterocycles. The van der Waals surface area contributed by atoms with Crippen LogP contribution in [0.2, 0.25) is 0 Å². The third kappa shape index (κ3) is 2.62. The minimum Gasteiger partial charge on any atom is -0.351 e. The van der Waals surface area contributed by atoms with E-state index in [1.807, 2.05) is 6.07 Å². The van der Waals surface area contributed by atoms with Crippen molar-refractivity contribution < 1.29 is 4.79 Å². The van der Waals surface area contributed by atoms with Crippen LogP contribution in [-0.4, -0.2) is 10.4 Å². The zero-order valence-corrected chi connectivity index (χ0v) is 11.1. The molecule has 0 atom stereocenters. The third-order valence-corrected chi connectivity index (χ3v) is 3.90. The number of hydrogen-bond donors (Lipinski definition) is 0. The van der Waals surface area contributed by atoms with Crippen LogP contribution >= 0.6 is 0 Å². The van der Waals surface area contributed by atoms with Crippen molar-refractivity contribution in [1.29, 1.82) is 0 Å². The van der Waals surface area contributed by atoms with Crippen LogP contribution in [0.25, 0.3) is 0 Å². The van der Waals surface area contributed by atoms with Crippen molar-refractivity contribution >= 4 is 5.78 Å². The van der Waals surface area contributed by atoms with Gasteiger partial charge in [0, 0.05) is 30.4 Å². The van der Waals surface area contributed by atoms with Crippen molar-refractivity contribution in [2.24, 2.45) is 0 Å². The molecule has 1 aliphatic carbocycles. The van der Waals surface area contributed by atoms with Gasteiger partial charge < -0.3 is 4.57 Å². The first-order valence-electron chi connectivity index (χ1n) is 7.10. The summed E-state index contributed by atoms with van der Waals surface area (Å²) in [6, 6.07) is 12.6. The van der Waals surface area contributed by atoms with Gasteiger partial charge in [-0.05, 0) is 37.3 Å². The number of nitrogens with zero attached hydrogens (tertiary/aromatic N) is 1. The molecule has 3 rings (SSSR count). The number of carbonyl (C=O) groups excluding carboxylic acids is 1. The zero-order valence-electron chi connectivity index (χ0n) is 11.1. The van der Waals surface area contributed by atoms with Crippen molar-refractivity contribution in [3.05, 3.63) is 59.4 Å². The van der Waals surface area contributed by atoms with E-state index in [0.717, 1.165) is 44.2 Å². The molecule has 0 radical (unpaired) electrons. The predicted molar refractivity (Wildman–Crippen MR) is 76.5 cm³/mol. The largest absolute Gasteiger partial charge is 0.351 e. The summed E-state index contributed by atoms with van der Waals surface area (Å²) in [5.74, 6) is 0.322. The highest BCUT2D eigenvalue weighted by molar-refractivity contribution is 5.98. The van der Waals surface area contributed by atoms with Crippen LogP contribution in [0, 0.1) is 0 Å². The molecule has 19 heavy (non-hydrogen) atoms. The average molecular weight is 253 g/mol. The van der Waals surface area contributed by atoms with Gasteiger partial charge in [0.25, 0.3) is 0 Å². The summed E-state index contributed by atoms with van der Waals surface area (Å²) in [7, 11) is 0. The van der Waals surface area contributed by atoms with E-state index in [-0.39, 0.29) is 0 Å². The fourth-order valence-corrected chi connectivity index (χ4v) is 2.90. The van der Waals surface area contributed by atoms with Gasteiger partial charge in [0.1, 0.15) is 0 Å². The molecule has 0 aliphatic heterocycles. The summed E-state index contributed by atoms with van der Waals surface area (Å²) in [6.45, 7) is 1.01. The lowest BCUT2D eigenvalue weighted by atomic mass is 9.97. The molecule has 1 aromatic heterocycles. The summed E-state index contributed by atoms with van der Waals surface area (Å²) in [5.41, 5.74) is 3.61. The van der Waals surface area contributed by atoms with Crippen molar-refractivity contribution in [1.82, 2.24) is 4.57 Å². The Morgan fingerprint density at radius 3 is 2.74 bits per heavy atom. The Labute approximate surface area is 114 Å². The molecule has 1 heterocycles. The molecule has 2 heteroatoms. The lowest BCUT2D eigenvalue weighted by Crippen LogP contribution is -2.13. The SMILES string of the molecule is O=C1CCCc2c1ccn2CCCc1ccccc1. The van der Waals surface area contributed by atoms with E-state index in [0.29, 0.717) is 5.78 Å². The number of hydrogen-bond acceptors (Lipinski definition) is 1. The van der Waals surface area contributed by atoms with Crippen molar-refractivity contribution in [2.75, 3.05) is 0 Å². The Bertz CT molecular complexity index is 568. The van der Waals surface area contributed by atoms with Crippen LogP contribution in [0.4, 0.5) is 0 Å². The Balaban J connectivity index is 1.63. The Morgan fingerprint density at radius 1 is 1.05 bits per heavy atom. The van der Waals surface area contributed by atoms with E-state index in [1.165, 1.54) is 11.3 Å². The fraction of sp³-hybridized carbons (Fsp3) is 0.353. The van der Waals surface area contributed by atoms with Crippen molar-refractivity contribution in [3.8, 4) is 0 Å². The number of benzene rings is 1. The van der Waals surface area contributed by atoms with Crippen LogP contribution < -0.4 is 0 Å². The van der Waals surface area contributed by atoms with Gasteiger partial charge in [-0.1, -0.05) is 30.3 Å². The number of rotatable bonds is 4. The number of aryl methyl sites for hydroxylation is 2. The number of aromatic nitrogens is 1. The zero-order chi connectivity index (χ0) is 13.1. The van der Waals surface area contributed by atoms with Gasteiger partial charge in [0.2, 0.25) is 0 Å². The first-order valence-corrected chi connectivity index (χ1v) is 7.10. The Hall–Kier alpha value is -1.83. The first kappa shape index (κ1) is 12.2. The van der Waals surface area contributed by atoms with Gasteiger partial charge in [-0.25, -0.2) is 0 Å². The molecule has 2 nitrogen and oxygen atoms in total. The standard InChI is InChI=1S/C17H19NO/c19-17-10-4-9-16-15(17)11-13-18(16)12-5-8-14-6-2-1-3-7-14/h1-3,6-7,11,13H,4-5,8-10,12H2. The Kier molecular flexibility index (Phi) is 3.49. The van der Waals surface area contributed by atoms with Gasteiger partial charge in [0.15, 0.2) is 5.78 Å². The minimum absolute atomic E-state index is 0.322. The maximum Gasteiger partial charge on any atom is 0.164 e. The lowest BCUT2D eigenvalue weighted by Gasteiger charge is -2.14. The van der Waals surface area contributed by atoms with Gasteiger partial charge >= 0.3 is 0 Å². The second-order valence-electron chi connectivity index (χ2n) is 5.24. The molecule has 0 unspecified atom stereocenters. The lowest BCUT2D eigenvalue weighted by molar-refractivity contribution is 0.0971. The normalized spacial score (nSPS) is 14.4. The smallest absolute Gasteiger partial charge is 0.164 e. The van der Waals surface area contributed by atoms with E-state index in [2.05, 4.69) is 41.1 Å². The quantitative estimate of drug-likeness (QED) is 0.815. The molecule has 0 fully saturated rings. The number of Topliss-reactive ketones (excluding diaryl/α,β-unsaturated/α-hetero) is 1. The summed E-state index contributed by atoms with van der Waals surface area (Å²) < 4.78 is 2.27. The number of carbonyl (C=O) groups is 1. The molecule has 2 aromatic rings. The molecule has 98 valence electrons. The van der Waals surface area contributed by atoms with Crippen LogP contribution in [0.15, 0.2) is 42.6 Å². The maximum atomic E-state index is 11.8. The van der Waals surface area contributed by atoms with E-state index >= 15 is 0 Å². The molecule has 0 amide bonds. The monoisotopic (exact) mass is 253 g/mol. The molecule has 0 bridgehead atoms. The minimum atomic E-state index is 0.322. The van der Waals surface area contributed by atoms with Gasteiger partial charge in [-0.2, -0.15) is 0 Å². The Morgan fingerprint density at radius 2 is 1.89 bits per heavy atom. The van der Waals surface area contributed by atoms with E-state index in [1.54, 1.807) is 0 Å². The summed E-state index contributed by atoms with van der Waals surface area (Å²) in [4.78, 5) is 11.8. The van der Waals surface area contributed by atoms with Crippen LogP contribution in [0.3, 0.4) is 0 Å². The molecular formula is C17H19NO. The van der Waals surface area contributed by atoms with Crippen LogP contribution in [-0.2, 0) is 19.4 Å². The van der Waals surface area contributed by atoms with Crippen molar-refractivity contribution in [3.63, 3.8) is 0 Å². The van der Waals surface area contributed by atoms with Gasteiger partial charge in [0.05, 0.1) is 0 Å². The highest BCUT2D eigenvalue weighted by Crippen LogP contribution is 2.22. The second kappa shape index (κ2) is 5.43. The number of ketones is 1. The highest BCUT2D eigenvalue weighted by atomic mass is 16.1. The van der Waals surface area contributed by atoms with Crippen LogP contribution in [0.5, 0.6) is 0 Å².